The minimum Gasteiger partial charge on any atom is -0.507 e. The summed E-state index contributed by atoms with van der Waals surface area (Å²) >= 11 is 12.5. The molecular weight excluding hydrogens is 477 g/mol. The second kappa shape index (κ2) is 9.41. The Hall–Kier alpha value is -3.48. The molecule has 6 nitrogen and oxygen atoms in total. The van der Waals surface area contributed by atoms with Crippen LogP contribution in [0.15, 0.2) is 66.2 Å². The molecule has 8 heteroatoms. The van der Waals surface area contributed by atoms with Gasteiger partial charge in [0.15, 0.2) is 0 Å². The Bertz CT molecular complexity index is 1320. The van der Waals surface area contributed by atoms with E-state index in [0.29, 0.717) is 22.0 Å². The molecule has 1 amide bonds. The second-order valence-corrected chi connectivity index (χ2v) is 8.54. The molecule has 0 aliphatic carbocycles. The number of nitrogens with zero attached hydrogens (tertiary/aromatic N) is 1. The second-order valence-electron chi connectivity index (χ2n) is 7.70. The van der Waals surface area contributed by atoms with Crippen molar-refractivity contribution in [2.45, 2.75) is 13.0 Å². The quantitative estimate of drug-likeness (QED) is 0.268. The maximum Gasteiger partial charge on any atom is 0.300 e. The number of methoxy groups -OCH3 is 2. The number of halogens is 2. The van der Waals surface area contributed by atoms with Crippen molar-refractivity contribution in [1.82, 2.24) is 0 Å². The number of hydrogen-bond acceptors (Lipinski definition) is 5. The summed E-state index contributed by atoms with van der Waals surface area (Å²) in [4.78, 5) is 28.0. The van der Waals surface area contributed by atoms with Gasteiger partial charge in [0.1, 0.15) is 17.3 Å². The summed E-state index contributed by atoms with van der Waals surface area (Å²) in [5, 5.41) is 12.0. The third-order valence-electron chi connectivity index (χ3n) is 5.72. The molecule has 174 valence electrons. The first-order chi connectivity index (χ1) is 16.3. The Balaban J connectivity index is 2.01. The Kier molecular flexibility index (Phi) is 6.55. The molecule has 3 aromatic rings. The van der Waals surface area contributed by atoms with Crippen LogP contribution in [0.5, 0.6) is 11.5 Å². The van der Waals surface area contributed by atoms with Gasteiger partial charge in [0.25, 0.3) is 11.7 Å². The van der Waals surface area contributed by atoms with Crippen molar-refractivity contribution in [2.75, 3.05) is 19.1 Å². The summed E-state index contributed by atoms with van der Waals surface area (Å²) < 4.78 is 10.6. The molecule has 0 bridgehead atoms. The van der Waals surface area contributed by atoms with E-state index in [1.54, 1.807) is 42.5 Å². The number of aryl methyl sites for hydroxylation is 1. The first-order valence-electron chi connectivity index (χ1n) is 10.3. The van der Waals surface area contributed by atoms with Crippen molar-refractivity contribution in [3.63, 3.8) is 0 Å². The fourth-order valence-electron chi connectivity index (χ4n) is 4.06. The van der Waals surface area contributed by atoms with E-state index in [1.807, 2.05) is 13.0 Å². The smallest absolute Gasteiger partial charge is 0.300 e. The molecule has 1 heterocycles. The van der Waals surface area contributed by atoms with Crippen LogP contribution in [0.3, 0.4) is 0 Å². The molecule has 0 spiro atoms. The normalized spacial score (nSPS) is 17.2. The van der Waals surface area contributed by atoms with Gasteiger partial charge in [-0.3, -0.25) is 14.5 Å². The largest absolute Gasteiger partial charge is 0.507 e. The highest BCUT2D eigenvalue weighted by Crippen LogP contribution is 2.45. The number of Topliss-reactive ketones (excluding diaryl/α,β-unsaturated/α-hetero) is 1. The highest BCUT2D eigenvalue weighted by atomic mass is 35.5. The van der Waals surface area contributed by atoms with Crippen LogP contribution in [-0.4, -0.2) is 31.0 Å². The van der Waals surface area contributed by atoms with Gasteiger partial charge in [-0.25, -0.2) is 0 Å². The van der Waals surface area contributed by atoms with E-state index in [-0.39, 0.29) is 21.9 Å². The third-order valence-corrected chi connectivity index (χ3v) is 6.25. The molecule has 0 saturated carbocycles. The number of ether oxygens (including phenoxy) is 2. The zero-order chi connectivity index (χ0) is 24.6. The first kappa shape index (κ1) is 23.7. The molecule has 1 atom stereocenters. The van der Waals surface area contributed by atoms with Crippen LogP contribution >= 0.6 is 23.2 Å². The minimum absolute atomic E-state index is 0.0879. The Morgan fingerprint density at radius 1 is 0.941 bits per heavy atom. The summed E-state index contributed by atoms with van der Waals surface area (Å²) in [6.07, 6.45) is 0. The maximum atomic E-state index is 13.4. The molecule has 1 aliphatic rings. The summed E-state index contributed by atoms with van der Waals surface area (Å²) in [7, 11) is 2.87. The van der Waals surface area contributed by atoms with E-state index >= 15 is 0 Å². The number of hydrogen-bond donors (Lipinski definition) is 1. The SMILES string of the molecule is COc1cc(OC)c(/C(O)=C2\C(=O)C(=O)N(c3cc(Cl)ccc3C)C2c2ccccc2)cc1Cl. The standard InChI is InChI=1S/C26H21Cl2NO5/c1-14-9-10-16(27)11-19(14)29-23(15-7-5-4-6-8-15)22(25(31)26(29)32)24(30)17-12-18(28)21(34-3)13-20(17)33-2/h4-13,23,30H,1-3H3/b24-22+. The molecule has 0 radical (unpaired) electrons. The van der Waals surface area contributed by atoms with Gasteiger partial charge in [0.05, 0.1) is 36.4 Å². The highest BCUT2D eigenvalue weighted by molar-refractivity contribution is 6.52. The molecule has 0 aromatic heterocycles. The van der Waals surface area contributed by atoms with E-state index in [4.69, 9.17) is 32.7 Å². The lowest BCUT2D eigenvalue weighted by Crippen LogP contribution is -2.30. The molecule has 1 unspecified atom stereocenters. The van der Waals surface area contributed by atoms with Crippen molar-refractivity contribution < 1.29 is 24.2 Å². The number of rotatable bonds is 5. The maximum absolute atomic E-state index is 13.4. The van der Waals surface area contributed by atoms with Gasteiger partial charge in [-0.2, -0.15) is 0 Å². The lowest BCUT2D eigenvalue weighted by atomic mass is 9.94. The predicted molar refractivity (Wildman–Crippen MR) is 132 cm³/mol. The molecule has 1 aliphatic heterocycles. The number of carbonyl (C=O) groups excluding carboxylic acids is 2. The predicted octanol–water partition coefficient (Wildman–Crippen LogP) is 5.95. The van der Waals surface area contributed by atoms with Gasteiger partial charge >= 0.3 is 0 Å². The molecule has 1 N–H and O–H groups in total. The number of anilines is 1. The summed E-state index contributed by atoms with van der Waals surface area (Å²) in [5.74, 6) is -1.45. The molecule has 4 rings (SSSR count). The number of aliphatic hydroxyl groups is 1. The van der Waals surface area contributed by atoms with Crippen LogP contribution in [0.1, 0.15) is 22.7 Å². The number of aliphatic hydroxyl groups excluding tert-OH is 1. The average molecular weight is 498 g/mol. The number of carbonyl (C=O) groups is 2. The number of benzene rings is 3. The van der Waals surface area contributed by atoms with Gasteiger partial charge in [0.2, 0.25) is 0 Å². The van der Waals surface area contributed by atoms with Gasteiger partial charge in [-0.1, -0.05) is 59.6 Å². The fraction of sp³-hybridized carbons (Fsp3) is 0.154. The number of amides is 1. The van der Waals surface area contributed by atoms with Crippen molar-refractivity contribution in [1.29, 1.82) is 0 Å². The lowest BCUT2D eigenvalue weighted by Gasteiger charge is -2.27. The Morgan fingerprint density at radius 3 is 2.26 bits per heavy atom. The Labute approximate surface area is 206 Å². The van der Waals surface area contributed by atoms with Crippen LogP contribution < -0.4 is 14.4 Å². The summed E-state index contributed by atoms with van der Waals surface area (Å²) in [5.41, 5.74) is 1.94. The first-order valence-corrected chi connectivity index (χ1v) is 11.1. The summed E-state index contributed by atoms with van der Waals surface area (Å²) in [6.45, 7) is 1.82. The monoisotopic (exact) mass is 497 g/mol. The minimum atomic E-state index is -0.899. The number of ketones is 1. The highest BCUT2D eigenvalue weighted by Gasteiger charge is 2.47. The van der Waals surface area contributed by atoms with Gasteiger partial charge in [-0.15, -0.1) is 0 Å². The van der Waals surface area contributed by atoms with Crippen LogP contribution in [-0.2, 0) is 9.59 Å². The molecule has 34 heavy (non-hydrogen) atoms. The van der Waals surface area contributed by atoms with Crippen molar-refractivity contribution in [3.05, 3.63) is 93.0 Å². The molecular formula is C26H21Cl2NO5. The topological polar surface area (TPSA) is 76.1 Å². The average Bonchev–Trinajstić information content (AvgIpc) is 3.10. The van der Waals surface area contributed by atoms with Gasteiger partial charge < -0.3 is 14.6 Å². The van der Waals surface area contributed by atoms with E-state index in [1.165, 1.54) is 31.3 Å². The fourth-order valence-corrected chi connectivity index (χ4v) is 4.47. The van der Waals surface area contributed by atoms with Crippen LogP contribution in [0, 0.1) is 6.92 Å². The van der Waals surface area contributed by atoms with Crippen LogP contribution in [0.25, 0.3) is 5.76 Å². The Morgan fingerprint density at radius 2 is 1.62 bits per heavy atom. The molecule has 1 saturated heterocycles. The van der Waals surface area contributed by atoms with Gasteiger partial charge in [0, 0.05) is 16.8 Å². The van der Waals surface area contributed by atoms with E-state index in [9.17, 15) is 14.7 Å². The summed E-state index contributed by atoms with van der Waals surface area (Å²) in [6, 6.07) is 16.1. The van der Waals surface area contributed by atoms with Crippen molar-refractivity contribution >= 4 is 46.3 Å². The zero-order valence-electron chi connectivity index (χ0n) is 18.6. The molecule has 1 fully saturated rings. The van der Waals surface area contributed by atoms with Gasteiger partial charge in [-0.05, 0) is 36.2 Å². The lowest BCUT2D eigenvalue weighted by molar-refractivity contribution is -0.132. The van der Waals surface area contributed by atoms with Crippen LogP contribution in [0.2, 0.25) is 10.0 Å². The van der Waals surface area contributed by atoms with E-state index < -0.39 is 23.5 Å². The zero-order valence-corrected chi connectivity index (χ0v) is 20.1. The van der Waals surface area contributed by atoms with Crippen LogP contribution in [0.4, 0.5) is 5.69 Å². The van der Waals surface area contributed by atoms with Crippen molar-refractivity contribution in [3.8, 4) is 11.5 Å². The van der Waals surface area contributed by atoms with E-state index in [2.05, 4.69) is 0 Å². The van der Waals surface area contributed by atoms with E-state index in [0.717, 1.165) is 5.56 Å². The molecule has 3 aromatic carbocycles. The van der Waals surface area contributed by atoms with Crippen molar-refractivity contribution in [2.24, 2.45) is 0 Å². The third kappa shape index (κ3) is 4.00.